The van der Waals surface area contributed by atoms with E-state index in [9.17, 15) is 0 Å². The van der Waals surface area contributed by atoms with Gasteiger partial charge in [0.15, 0.2) is 0 Å². The van der Waals surface area contributed by atoms with Crippen LogP contribution in [0.2, 0.25) is 5.02 Å². The fourth-order valence-corrected chi connectivity index (χ4v) is 2.71. The Labute approximate surface area is 135 Å². The monoisotopic (exact) mass is 324 g/mol. The van der Waals surface area contributed by atoms with E-state index in [2.05, 4.69) is 31.1 Å². The zero-order valence-corrected chi connectivity index (χ0v) is 14.4. The van der Waals surface area contributed by atoms with Gasteiger partial charge >= 0.3 is 0 Å². The van der Waals surface area contributed by atoms with E-state index in [1.807, 2.05) is 31.3 Å². The van der Waals surface area contributed by atoms with Crippen molar-refractivity contribution in [3.8, 4) is 5.75 Å². The number of nitrogens with one attached hydrogen (secondary N) is 1. The Morgan fingerprint density at radius 2 is 2.10 bits per heavy atom. The molecule has 0 bridgehead atoms. The third-order valence-corrected chi connectivity index (χ3v) is 3.99. The minimum atomic E-state index is 0.0500. The molecule has 1 N–H and O–H groups in total. The van der Waals surface area contributed by atoms with Gasteiger partial charge in [-0.25, -0.2) is 4.98 Å². The fraction of sp³-hybridized carbons (Fsp3) is 0.438. The number of nitrogens with zero attached hydrogens (tertiary/aromatic N) is 1. The first kappa shape index (κ1) is 16.3. The largest absolute Gasteiger partial charge is 0.488 e. The minimum Gasteiger partial charge on any atom is -0.488 e. The Balaban J connectivity index is 2.07. The lowest BCUT2D eigenvalue weighted by Gasteiger charge is -2.21. The van der Waals surface area contributed by atoms with E-state index >= 15 is 0 Å². The molecule has 2 rings (SSSR count). The van der Waals surface area contributed by atoms with E-state index in [1.165, 1.54) is 0 Å². The highest BCUT2D eigenvalue weighted by Gasteiger charge is 2.12. The molecule has 2 aromatic rings. The highest BCUT2D eigenvalue weighted by atomic mass is 35.5. The topological polar surface area (TPSA) is 34.1 Å². The molecule has 1 heterocycles. The van der Waals surface area contributed by atoms with Crippen molar-refractivity contribution in [2.24, 2.45) is 0 Å². The Hall–Kier alpha value is -1.10. The first-order valence-corrected chi connectivity index (χ1v) is 8.10. The maximum Gasteiger partial charge on any atom is 0.124 e. The van der Waals surface area contributed by atoms with E-state index in [4.69, 9.17) is 16.3 Å². The number of rotatable bonds is 5. The van der Waals surface area contributed by atoms with Crippen molar-refractivity contribution in [3.05, 3.63) is 44.9 Å². The standard InChI is InChI=1S/C16H21ClN2OS/c1-11-18-9-14(21-11)10-20-15-6-5-13(17)7-12(15)8-19-16(2,3)4/h5-7,9,19H,8,10H2,1-4H3. The van der Waals surface area contributed by atoms with Gasteiger partial charge < -0.3 is 10.1 Å². The smallest absolute Gasteiger partial charge is 0.124 e. The number of benzene rings is 1. The molecule has 3 nitrogen and oxygen atoms in total. The molecule has 0 aliphatic carbocycles. The SMILES string of the molecule is Cc1ncc(COc2ccc(Cl)cc2CNC(C)(C)C)s1. The highest BCUT2D eigenvalue weighted by molar-refractivity contribution is 7.11. The highest BCUT2D eigenvalue weighted by Crippen LogP contribution is 2.25. The van der Waals surface area contributed by atoms with Crippen LogP contribution in [-0.2, 0) is 13.2 Å². The number of thiazole rings is 1. The molecule has 0 saturated heterocycles. The zero-order valence-electron chi connectivity index (χ0n) is 12.9. The molecule has 0 atom stereocenters. The molecular weight excluding hydrogens is 304 g/mol. The summed E-state index contributed by atoms with van der Waals surface area (Å²) >= 11 is 7.75. The van der Waals surface area contributed by atoms with Gasteiger partial charge in [0.05, 0.1) is 9.88 Å². The van der Waals surface area contributed by atoms with Gasteiger partial charge in [-0.2, -0.15) is 0 Å². The van der Waals surface area contributed by atoms with Crippen molar-refractivity contribution in [3.63, 3.8) is 0 Å². The lowest BCUT2D eigenvalue weighted by Crippen LogP contribution is -2.35. The van der Waals surface area contributed by atoms with Crippen molar-refractivity contribution in [1.29, 1.82) is 0 Å². The molecular formula is C16H21ClN2OS. The van der Waals surface area contributed by atoms with E-state index in [-0.39, 0.29) is 5.54 Å². The van der Waals surface area contributed by atoms with Gasteiger partial charge in [0, 0.05) is 28.9 Å². The molecule has 1 aromatic carbocycles. The molecule has 1 aromatic heterocycles. The lowest BCUT2D eigenvalue weighted by atomic mass is 10.1. The average Bonchev–Trinajstić information content (AvgIpc) is 2.80. The number of hydrogen-bond donors (Lipinski definition) is 1. The van der Waals surface area contributed by atoms with Crippen LogP contribution in [0.5, 0.6) is 5.75 Å². The molecule has 21 heavy (non-hydrogen) atoms. The van der Waals surface area contributed by atoms with E-state index in [1.54, 1.807) is 11.3 Å². The summed E-state index contributed by atoms with van der Waals surface area (Å²) in [7, 11) is 0. The van der Waals surface area contributed by atoms with Crippen LogP contribution >= 0.6 is 22.9 Å². The van der Waals surface area contributed by atoms with Gasteiger partial charge in [-0.3, -0.25) is 0 Å². The van der Waals surface area contributed by atoms with E-state index < -0.39 is 0 Å². The van der Waals surface area contributed by atoms with Crippen LogP contribution in [0.25, 0.3) is 0 Å². The maximum atomic E-state index is 6.10. The first-order chi connectivity index (χ1) is 9.83. The van der Waals surface area contributed by atoms with Crippen LogP contribution < -0.4 is 10.1 Å². The van der Waals surface area contributed by atoms with E-state index in [0.717, 1.165) is 32.8 Å². The number of hydrogen-bond acceptors (Lipinski definition) is 4. The quantitative estimate of drug-likeness (QED) is 0.874. The van der Waals surface area contributed by atoms with Crippen LogP contribution in [0.15, 0.2) is 24.4 Å². The van der Waals surface area contributed by atoms with Crippen LogP contribution in [0, 0.1) is 6.92 Å². The van der Waals surface area contributed by atoms with Crippen molar-refractivity contribution in [1.82, 2.24) is 10.3 Å². The molecule has 114 valence electrons. The Morgan fingerprint density at radius 3 is 2.71 bits per heavy atom. The van der Waals surface area contributed by atoms with Crippen molar-refractivity contribution in [2.45, 2.75) is 46.4 Å². The van der Waals surface area contributed by atoms with Crippen molar-refractivity contribution >= 4 is 22.9 Å². The second kappa shape index (κ2) is 6.77. The summed E-state index contributed by atoms with van der Waals surface area (Å²) < 4.78 is 5.93. The van der Waals surface area contributed by atoms with Gasteiger partial charge in [0.1, 0.15) is 12.4 Å². The summed E-state index contributed by atoms with van der Waals surface area (Å²) in [6.07, 6.45) is 1.86. The third-order valence-electron chi connectivity index (χ3n) is 2.87. The van der Waals surface area contributed by atoms with Gasteiger partial charge in [0.25, 0.3) is 0 Å². The summed E-state index contributed by atoms with van der Waals surface area (Å²) in [6.45, 7) is 9.67. The number of aromatic nitrogens is 1. The first-order valence-electron chi connectivity index (χ1n) is 6.91. The van der Waals surface area contributed by atoms with Crippen LogP contribution in [0.1, 0.15) is 36.2 Å². The summed E-state index contributed by atoms with van der Waals surface area (Å²) in [5, 5.41) is 5.24. The number of aryl methyl sites for hydroxylation is 1. The summed E-state index contributed by atoms with van der Waals surface area (Å²) in [4.78, 5) is 5.36. The predicted molar refractivity (Wildman–Crippen MR) is 89.2 cm³/mol. The molecule has 0 fully saturated rings. The Morgan fingerprint density at radius 1 is 1.33 bits per heavy atom. The normalized spacial score (nSPS) is 11.7. The molecule has 0 spiro atoms. The maximum absolute atomic E-state index is 6.10. The van der Waals surface area contributed by atoms with Crippen LogP contribution in [0.4, 0.5) is 0 Å². The average molecular weight is 325 g/mol. The summed E-state index contributed by atoms with van der Waals surface area (Å²) in [5.74, 6) is 0.863. The van der Waals surface area contributed by atoms with Gasteiger partial charge in [-0.15, -0.1) is 11.3 Å². The van der Waals surface area contributed by atoms with Gasteiger partial charge in [-0.05, 0) is 45.9 Å². The summed E-state index contributed by atoms with van der Waals surface area (Å²) in [5.41, 5.74) is 1.12. The molecule has 5 heteroatoms. The van der Waals surface area contributed by atoms with Crippen LogP contribution in [0.3, 0.4) is 0 Å². The van der Waals surface area contributed by atoms with Crippen molar-refractivity contribution < 1.29 is 4.74 Å². The lowest BCUT2D eigenvalue weighted by molar-refractivity contribution is 0.303. The second-order valence-corrected chi connectivity index (χ2v) is 7.75. The predicted octanol–water partition coefficient (Wildman–Crippen LogP) is 4.57. The molecule has 0 saturated carbocycles. The number of ether oxygens (including phenoxy) is 1. The molecule has 0 aliphatic heterocycles. The van der Waals surface area contributed by atoms with Gasteiger partial charge in [-0.1, -0.05) is 11.6 Å². The van der Waals surface area contributed by atoms with Crippen molar-refractivity contribution in [2.75, 3.05) is 0 Å². The fourth-order valence-electron chi connectivity index (χ4n) is 1.81. The second-order valence-electron chi connectivity index (χ2n) is 5.99. The van der Waals surface area contributed by atoms with Gasteiger partial charge in [0.2, 0.25) is 0 Å². The molecule has 0 amide bonds. The Bertz CT molecular complexity index is 605. The minimum absolute atomic E-state index is 0.0500. The Kier molecular flexibility index (Phi) is 5.25. The summed E-state index contributed by atoms with van der Waals surface area (Å²) in [6, 6.07) is 5.73. The third kappa shape index (κ3) is 5.30. The van der Waals surface area contributed by atoms with E-state index in [0.29, 0.717) is 6.61 Å². The molecule has 0 aliphatic rings. The zero-order chi connectivity index (χ0) is 15.5. The number of halogens is 1. The molecule has 0 radical (unpaired) electrons. The van der Waals surface area contributed by atoms with Crippen LogP contribution in [-0.4, -0.2) is 10.5 Å². The molecule has 0 unspecified atom stereocenters.